The van der Waals surface area contributed by atoms with Crippen LogP contribution in [-0.2, 0) is 0 Å². The molecule has 0 saturated carbocycles. The molecule has 0 saturated heterocycles. The zero-order valence-corrected chi connectivity index (χ0v) is 3.65. The molecule has 0 amide bonds. The predicted molar refractivity (Wildman–Crippen MR) is 27.9 cm³/mol. The van der Waals surface area contributed by atoms with Crippen molar-refractivity contribution in [2.45, 2.75) is 0 Å². The molecular formula is C6H7. The first-order valence-corrected chi connectivity index (χ1v) is 1.73. The molecule has 0 N–H and O–H groups in total. The van der Waals surface area contributed by atoms with E-state index in [1.54, 1.807) is 6.08 Å². The highest BCUT2D eigenvalue weighted by Crippen LogP contribution is 1.86. The molecule has 0 spiro atoms. The highest BCUT2D eigenvalue weighted by Gasteiger charge is 1.79. The lowest BCUT2D eigenvalue weighted by Crippen LogP contribution is -1.77. The van der Waals surface area contributed by atoms with Crippen LogP contribution in [0.2, 0.25) is 0 Å². The maximum atomic E-state index is 4.90. The molecule has 6 heavy (non-hydrogen) atoms. The van der Waals surface area contributed by atoms with Crippen molar-refractivity contribution >= 4 is 0 Å². The summed E-state index contributed by atoms with van der Waals surface area (Å²) in [6, 6.07) is 0. The second-order valence-electron chi connectivity index (χ2n) is 1.01. The second-order valence-corrected chi connectivity index (χ2v) is 1.01. The summed E-state index contributed by atoms with van der Waals surface area (Å²) in [5, 5.41) is 0. The van der Waals surface area contributed by atoms with E-state index in [1.165, 1.54) is 0 Å². The number of terminal acetylenes is 1. The molecule has 1 unspecified atom stereocenters. The summed E-state index contributed by atoms with van der Waals surface area (Å²) in [5.41, 5.74) is 0. The fourth-order valence-corrected chi connectivity index (χ4v) is 0.0680. The normalized spacial score (nSPS) is 12.0. The Bertz CT molecular complexity index is 74.5. The molecule has 0 rings (SSSR count). The van der Waals surface area contributed by atoms with Gasteiger partial charge in [-0.1, -0.05) is 12.0 Å². The molecule has 31 valence electrons. The number of rotatable bonds is 1. The third-order valence-corrected chi connectivity index (χ3v) is 0.499. The topological polar surface area (TPSA) is 0 Å². The van der Waals surface area contributed by atoms with Gasteiger partial charge in [-0.05, 0) is 6.92 Å². The Morgan fingerprint density at radius 2 is 2.33 bits per heavy atom. The average molecular weight is 79.1 g/mol. The average Bonchev–Trinajstić information content (AvgIpc) is 1.65. The van der Waals surface area contributed by atoms with Crippen molar-refractivity contribution in [3.63, 3.8) is 0 Å². The van der Waals surface area contributed by atoms with Gasteiger partial charge in [-0.2, -0.15) is 0 Å². The first-order chi connectivity index (χ1) is 2.81. The zero-order valence-electron chi connectivity index (χ0n) is 3.65. The summed E-state index contributed by atoms with van der Waals surface area (Å²) in [6.07, 6.45) is 6.52. The van der Waals surface area contributed by atoms with E-state index in [9.17, 15) is 0 Å². The molecule has 0 nitrogen and oxygen atoms in total. The van der Waals surface area contributed by atoms with Gasteiger partial charge in [0.25, 0.3) is 0 Å². The first-order valence-electron chi connectivity index (χ1n) is 1.73. The van der Waals surface area contributed by atoms with Crippen molar-refractivity contribution in [2.75, 3.05) is 0 Å². The largest absolute Gasteiger partial charge is 0.119 e. The van der Waals surface area contributed by atoms with Gasteiger partial charge in [0.05, 0.1) is 0 Å². The van der Waals surface area contributed by atoms with Crippen LogP contribution in [0, 0.1) is 25.2 Å². The lowest BCUT2D eigenvalue weighted by atomic mass is 10.2. The molecule has 0 aliphatic heterocycles. The highest BCUT2D eigenvalue weighted by atomic mass is 13.8. The van der Waals surface area contributed by atoms with Crippen LogP contribution >= 0.6 is 0 Å². The number of allylic oxidation sites excluding steroid dienone is 1. The molecule has 0 bridgehead atoms. The fourth-order valence-electron chi connectivity index (χ4n) is 0.0680. The molecule has 0 aliphatic rings. The van der Waals surface area contributed by atoms with Gasteiger partial charge >= 0.3 is 0 Å². The van der Waals surface area contributed by atoms with Crippen molar-refractivity contribution in [1.29, 1.82) is 0 Å². The van der Waals surface area contributed by atoms with Crippen molar-refractivity contribution in [3.05, 3.63) is 19.6 Å². The molecule has 0 aromatic rings. The molecule has 1 radical (unpaired) electrons. The Hall–Kier alpha value is -0.700. The van der Waals surface area contributed by atoms with Crippen LogP contribution in [-0.4, -0.2) is 0 Å². The van der Waals surface area contributed by atoms with E-state index in [2.05, 4.69) is 19.4 Å². The van der Waals surface area contributed by atoms with Crippen molar-refractivity contribution in [1.82, 2.24) is 0 Å². The minimum atomic E-state index is -0.0231. The fraction of sp³-hybridized carbons (Fsp3) is 0.167. The van der Waals surface area contributed by atoms with Crippen molar-refractivity contribution in [3.8, 4) is 12.3 Å². The van der Waals surface area contributed by atoms with Crippen molar-refractivity contribution < 1.29 is 0 Å². The molecule has 0 aromatic carbocycles. The lowest BCUT2D eigenvalue weighted by Gasteiger charge is -1.84. The minimum absolute atomic E-state index is 0.0231. The van der Waals surface area contributed by atoms with Gasteiger partial charge in [0, 0.05) is 5.92 Å². The van der Waals surface area contributed by atoms with Crippen LogP contribution in [0.25, 0.3) is 0 Å². The molecular weight excluding hydrogens is 72.1 g/mol. The predicted octanol–water partition coefficient (Wildman–Crippen LogP) is 1.26. The Morgan fingerprint density at radius 3 is 2.33 bits per heavy atom. The van der Waals surface area contributed by atoms with E-state index >= 15 is 0 Å². The van der Waals surface area contributed by atoms with Gasteiger partial charge in [-0.3, -0.25) is 0 Å². The highest BCUT2D eigenvalue weighted by molar-refractivity contribution is 5.03. The molecule has 0 aromatic heterocycles. The Balaban J connectivity index is 3.30. The van der Waals surface area contributed by atoms with Crippen LogP contribution in [0.1, 0.15) is 0 Å². The Labute approximate surface area is 38.9 Å². The third-order valence-electron chi connectivity index (χ3n) is 0.499. The monoisotopic (exact) mass is 79.1 g/mol. The van der Waals surface area contributed by atoms with E-state index in [0.29, 0.717) is 0 Å². The van der Waals surface area contributed by atoms with Gasteiger partial charge in [0.1, 0.15) is 0 Å². The number of hydrogen-bond donors (Lipinski definition) is 0. The Kier molecular flexibility index (Phi) is 2.24. The smallest absolute Gasteiger partial charge is 0.0377 e. The van der Waals surface area contributed by atoms with Gasteiger partial charge in [0.15, 0.2) is 0 Å². The summed E-state index contributed by atoms with van der Waals surface area (Å²) < 4.78 is 0. The van der Waals surface area contributed by atoms with E-state index in [4.69, 9.17) is 6.42 Å². The van der Waals surface area contributed by atoms with Gasteiger partial charge in [0.2, 0.25) is 0 Å². The lowest BCUT2D eigenvalue weighted by molar-refractivity contribution is 1.12. The van der Waals surface area contributed by atoms with Crippen LogP contribution < -0.4 is 0 Å². The standard InChI is InChI=1S/C6H7/c1-4-6(3)5-2/h1,5-6H,2-3H2. The van der Waals surface area contributed by atoms with Gasteiger partial charge < -0.3 is 0 Å². The summed E-state index contributed by atoms with van der Waals surface area (Å²) >= 11 is 0. The zero-order chi connectivity index (χ0) is 4.99. The second kappa shape index (κ2) is 2.53. The van der Waals surface area contributed by atoms with E-state index < -0.39 is 0 Å². The summed E-state index contributed by atoms with van der Waals surface area (Å²) in [5.74, 6) is 2.36. The summed E-state index contributed by atoms with van der Waals surface area (Å²) in [7, 11) is 0. The van der Waals surface area contributed by atoms with Crippen LogP contribution in [0.4, 0.5) is 0 Å². The van der Waals surface area contributed by atoms with E-state index in [1.807, 2.05) is 0 Å². The molecule has 1 atom stereocenters. The van der Waals surface area contributed by atoms with Gasteiger partial charge in [-0.25, -0.2) is 0 Å². The van der Waals surface area contributed by atoms with E-state index in [0.717, 1.165) is 0 Å². The Morgan fingerprint density at radius 1 is 1.83 bits per heavy atom. The summed E-state index contributed by atoms with van der Waals surface area (Å²) in [6.45, 7) is 6.95. The maximum absolute atomic E-state index is 4.90. The first kappa shape index (κ1) is 5.30. The van der Waals surface area contributed by atoms with Crippen LogP contribution in [0.3, 0.4) is 0 Å². The SMILES string of the molecule is C#CC([CH2])C=C. The van der Waals surface area contributed by atoms with Crippen molar-refractivity contribution in [2.24, 2.45) is 5.92 Å². The third kappa shape index (κ3) is 1.60. The van der Waals surface area contributed by atoms with Crippen LogP contribution in [0.5, 0.6) is 0 Å². The maximum Gasteiger partial charge on any atom is 0.0377 e. The van der Waals surface area contributed by atoms with Crippen LogP contribution in [0.15, 0.2) is 12.7 Å². The molecule has 0 heterocycles. The molecule has 0 aliphatic carbocycles. The number of hydrogen-bond acceptors (Lipinski definition) is 0. The van der Waals surface area contributed by atoms with Gasteiger partial charge in [-0.15, -0.1) is 13.0 Å². The summed E-state index contributed by atoms with van der Waals surface area (Å²) in [4.78, 5) is 0. The van der Waals surface area contributed by atoms with E-state index in [-0.39, 0.29) is 5.92 Å². The quantitative estimate of drug-likeness (QED) is 0.328. The molecule has 0 fully saturated rings. The molecule has 0 heteroatoms. The minimum Gasteiger partial charge on any atom is -0.119 e.